The molecule has 2 amide bonds. The van der Waals surface area contributed by atoms with Crippen molar-refractivity contribution in [1.82, 2.24) is 15.5 Å². The number of amides is 2. The van der Waals surface area contributed by atoms with E-state index in [0.29, 0.717) is 25.5 Å². The molecule has 1 atom stereocenters. The van der Waals surface area contributed by atoms with Gasteiger partial charge in [0.15, 0.2) is 11.5 Å². The van der Waals surface area contributed by atoms with Crippen LogP contribution in [0.2, 0.25) is 0 Å². The van der Waals surface area contributed by atoms with Gasteiger partial charge in [-0.05, 0) is 30.5 Å². The number of benzene rings is 1. The zero-order valence-corrected chi connectivity index (χ0v) is 16.7. The van der Waals surface area contributed by atoms with Gasteiger partial charge >= 0.3 is 11.8 Å². The molecule has 0 bridgehead atoms. The fourth-order valence-electron chi connectivity index (χ4n) is 4.23. The topological polar surface area (TPSA) is 89.1 Å². The molecule has 0 unspecified atom stereocenters. The van der Waals surface area contributed by atoms with Gasteiger partial charge in [0.2, 0.25) is 6.79 Å². The van der Waals surface area contributed by atoms with Gasteiger partial charge in [-0.3, -0.25) is 14.5 Å². The number of ether oxygens (including phenoxy) is 3. The van der Waals surface area contributed by atoms with Crippen LogP contribution < -0.4 is 20.1 Å². The van der Waals surface area contributed by atoms with Gasteiger partial charge in [-0.25, -0.2) is 0 Å². The Balaban J connectivity index is 1.40. The molecule has 2 heterocycles. The van der Waals surface area contributed by atoms with E-state index in [1.807, 2.05) is 18.2 Å². The second kappa shape index (κ2) is 9.45. The lowest BCUT2D eigenvalue weighted by Crippen LogP contribution is -2.48. The third-order valence-electron chi connectivity index (χ3n) is 5.87. The van der Waals surface area contributed by atoms with Crippen molar-refractivity contribution in [1.29, 1.82) is 0 Å². The Morgan fingerprint density at radius 3 is 2.59 bits per heavy atom. The summed E-state index contributed by atoms with van der Waals surface area (Å²) >= 11 is 0. The van der Waals surface area contributed by atoms with Crippen LogP contribution >= 0.6 is 0 Å². The SMILES string of the molecule is O=C(NC[C@@H](c1ccc2c(c1)OCO2)N1CCOCC1)C(=O)NC1CCCCC1. The van der Waals surface area contributed by atoms with Gasteiger partial charge in [0.1, 0.15) is 0 Å². The van der Waals surface area contributed by atoms with Gasteiger partial charge in [-0.15, -0.1) is 0 Å². The zero-order valence-electron chi connectivity index (χ0n) is 16.7. The number of rotatable bonds is 5. The number of nitrogens with zero attached hydrogens (tertiary/aromatic N) is 1. The van der Waals surface area contributed by atoms with E-state index in [2.05, 4.69) is 15.5 Å². The normalized spacial score (nSPS) is 20.8. The summed E-state index contributed by atoms with van der Waals surface area (Å²) in [7, 11) is 0. The summed E-state index contributed by atoms with van der Waals surface area (Å²) in [6.45, 7) is 3.40. The Kier molecular flexibility index (Phi) is 6.51. The van der Waals surface area contributed by atoms with Crippen molar-refractivity contribution in [2.75, 3.05) is 39.6 Å². The van der Waals surface area contributed by atoms with Crippen molar-refractivity contribution in [3.8, 4) is 11.5 Å². The molecule has 2 N–H and O–H groups in total. The van der Waals surface area contributed by atoms with Crippen LogP contribution in [-0.4, -0.2) is 62.4 Å². The fourth-order valence-corrected chi connectivity index (χ4v) is 4.23. The summed E-state index contributed by atoms with van der Waals surface area (Å²) in [5, 5.41) is 5.70. The molecule has 0 spiro atoms. The van der Waals surface area contributed by atoms with E-state index < -0.39 is 11.8 Å². The molecule has 2 fully saturated rings. The molecule has 29 heavy (non-hydrogen) atoms. The van der Waals surface area contributed by atoms with E-state index in [9.17, 15) is 9.59 Å². The molecule has 0 radical (unpaired) electrons. The third-order valence-corrected chi connectivity index (χ3v) is 5.87. The summed E-state index contributed by atoms with van der Waals surface area (Å²) < 4.78 is 16.4. The average Bonchev–Trinajstić information content (AvgIpc) is 3.23. The standard InChI is InChI=1S/C21H29N3O5/c25-20(21(26)23-16-4-2-1-3-5-16)22-13-17(24-8-10-27-11-9-24)15-6-7-18-19(12-15)29-14-28-18/h6-7,12,16-17H,1-5,8-11,13-14H2,(H,22,25)(H,23,26)/t17-/m0/s1. The predicted octanol–water partition coefficient (Wildman–Crippen LogP) is 1.35. The highest BCUT2D eigenvalue weighted by Crippen LogP contribution is 2.35. The van der Waals surface area contributed by atoms with Crippen LogP contribution in [0.15, 0.2) is 18.2 Å². The first-order valence-electron chi connectivity index (χ1n) is 10.5. The van der Waals surface area contributed by atoms with Crippen LogP contribution in [0.5, 0.6) is 11.5 Å². The molecule has 1 aromatic carbocycles. The van der Waals surface area contributed by atoms with Crippen molar-refractivity contribution in [3.05, 3.63) is 23.8 Å². The largest absolute Gasteiger partial charge is 0.454 e. The lowest BCUT2D eigenvalue weighted by Gasteiger charge is -2.35. The number of carbonyl (C=O) groups excluding carboxylic acids is 2. The van der Waals surface area contributed by atoms with Crippen LogP contribution in [0.25, 0.3) is 0 Å². The minimum Gasteiger partial charge on any atom is -0.454 e. The molecular formula is C21H29N3O5. The zero-order chi connectivity index (χ0) is 20.1. The van der Waals surface area contributed by atoms with Crippen LogP contribution in [0, 0.1) is 0 Å². The van der Waals surface area contributed by atoms with E-state index in [1.54, 1.807) is 0 Å². The Bertz CT molecular complexity index is 729. The highest BCUT2D eigenvalue weighted by Gasteiger charge is 2.27. The minimum atomic E-state index is -0.574. The molecule has 1 saturated carbocycles. The van der Waals surface area contributed by atoms with Gasteiger partial charge in [-0.1, -0.05) is 25.3 Å². The molecule has 3 aliphatic rings. The molecule has 1 saturated heterocycles. The van der Waals surface area contributed by atoms with E-state index in [0.717, 1.165) is 50.1 Å². The van der Waals surface area contributed by atoms with Crippen molar-refractivity contribution in [3.63, 3.8) is 0 Å². The monoisotopic (exact) mass is 403 g/mol. The number of nitrogens with one attached hydrogen (secondary N) is 2. The molecule has 8 heteroatoms. The van der Waals surface area contributed by atoms with Gasteiger partial charge < -0.3 is 24.8 Å². The van der Waals surface area contributed by atoms with Crippen LogP contribution in [-0.2, 0) is 14.3 Å². The molecule has 1 aliphatic carbocycles. The summed E-state index contributed by atoms with van der Waals surface area (Å²) in [6, 6.07) is 5.88. The smallest absolute Gasteiger partial charge is 0.309 e. The molecule has 1 aromatic rings. The third kappa shape index (κ3) is 5.00. The van der Waals surface area contributed by atoms with Crippen molar-refractivity contribution >= 4 is 11.8 Å². The van der Waals surface area contributed by atoms with Crippen LogP contribution in [0.3, 0.4) is 0 Å². The summed E-state index contributed by atoms with van der Waals surface area (Å²) in [5.41, 5.74) is 1.02. The second-order valence-electron chi connectivity index (χ2n) is 7.80. The number of hydrogen-bond donors (Lipinski definition) is 2. The first-order valence-corrected chi connectivity index (χ1v) is 10.5. The number of morpholine rings is 1. The number of carbonyl (C=O) groups is 2. The van der Waals surface area contributed by atoms with E-state index in [-0.39, 0.29) is 18.9 Å². The maximum absolute atomic E-state index is 12.4. The predicted molar refractivity (Wildman–Crippen MR) is 106 cm³/mol. The molecule has 4 rings (SSSR count). The highest BCUT2D eigenvalue weighted by molar-refractivity contribution is 6.35. The molecule has 2 aliphatic heterocycles. The Hall–Kier alpha value is -2.32. The molecule has 158 valence electrons. The van der Waals surface area contributed by atoms with Crippen molar-refractivity contribution in [2.45, 2.75) is 44.2 Å². The average molecular weight is 403 g/mol. The summed E-state index contributed by atoms with van der Waals surface area (Å²) in [5.74, 6) is 0.324. The van der Waals surface area contributed by atoms with Gasteiger partial charge in [0.05, 0.1) is 19.3 Å². The quantitative estimate of drug-likeness (QED) is 0.722. The number of fused-ring (bicyclic) bond motifs is 1. The molecular weight excluding hydrogens is 374 g/mol. The maximum atomic E-state index is 12.4. The first-order chi connectivity index (χ1) is 14.2. The lowest BCUT2D eigenvalue weighted by atomic mass is 9.95. The van der Waals surface area contributed by atoms with Crippen molar-refractivity contribution < 1.29 is 23.8 Å². The molecule has 8 nitrogen and oxygen atoms in total. The second-order valence-corrected chi connectivity index (χ2v) is 7.80. The van der Waals surface area contributed by atoms with E-state index in [1.165, 1.54) is 6.42 Å². The Morgan fingerprint density at radius 2 is 1.79 bits per heavy atom. The minimum absolute atomic E-state index is 0.0696. The van der Waals surface area contributed by atoms with E-state index in [4.69, 9.17) is 14.2 Å². The first kappa shape index (κ1) is 20.0. The summed E-state index contributed by atoms with van der Waals surface area (Å²) in [4.78, 5) is 27.0. The van der Waals surface area contributed by atoms with Crippen LogP contribution in [0.1, 0.15) is 43.7 Å². The van der Waals surface area contributed by atoms with Gasteiger partial charge in [0.25, 0.3) is 0 Å². The highest BCUT2D eigenvalue weighted by atomic mass is 16.7. The van der Waals surface area contributed by atoms with E-state index >= 15 is 0 Å². The Labute approximate surface area is 170 Å². The van der Waals surface area contributed by atoms with Crippen molar-refractivity contribution in [2.24, 2.45) is 0 Å². The number of hydrogen-bond acceptors (Lipinski definition) is 6. The van der Waals surface area contributed by atoms with Gasteiger partial charge in [-0.2, -0.15) is 0 Å². The fraction of sp³-hybridized carbons (Fsp3) is 0.619. The van der Waals surface area contributed by atoms with Crippen LogP contribution in [0.4, 0.5) is 0 Å². The lowest BCUT2D eigenvalue weighted by molar-refractivity contribution is -0.140. The van der Waals surface area contributed by atoms with Gasteiger partial charge in [0, 0.05) is 25.7 Å². The Morgan fingerprint density at radius 1 is 1.03 bits per heavy atom. The maximum Gasteiger partial charge on any atom is 0.309 e. The summed E-state index contributed by atoms with van der Waals surface area (Å²) in [6.07, 6.45) is 5.32. The molecule has 0 aromatic heterocycles.